The van der Waals surface area contributed by atoms with Crippen molar-refractivity contribution in [3.8, 4) is 0 Å². The second kappa shape index (κ2) is 7.26. The summed E-state index contributed by atoms with van der Waals surface area (Å²) in [5, 5.41) is 6.27. The first-order valence-electron chi connectivity index (χ1n) is 7.10. The molecule has 2 rings (SSSR count). The van der Waals surface area contributed by atoms with E-state index in [0.29, 0.717) is 6.42 Å². The summed E-state index contributed by atoms with van der Waals surface area (Å²) in [6.45, 7) is 7.36. The average molecular weight is 261 g/mol. The van der Waals surface area contributed by atoms with Gasteiger partial charge in [0.05, 0.1) is 0 Å². The fourth-order valence-corrected chi connectivity index (χ4v) is 2.27. The van der Waals surface area contributed by atoms with Crippen LogP contribution in [0.4, 0.5) is 5.69 Å². The van der Waals surface area contributed by atoms with Crippen LogP contribution in [0.2, 0.25) is 0 Å². The van der Waals surface area contributed by atoms with E-state index in [4.69, 9.17) is 0 Å². The number of anilines is 1. The maximum atomic E-state index is 11.5. The van der Waals surface area contributed by atoms with Crippen LogP contribution in [-0.4, -0.2) is 37.0 Å². The van der Waals surface area contributed by atoms with Gasteiger partial charge in [-0.1, -0.05) is 19.1 Å². The molecule has 0 aliphatic carbocycles. The Morgan fingerprint density at radius 2 is 1.95 bits per heavy atom. The van der Waals surface area contributed by atoms with Gasteiger partial charge in [-0.2, -0.15) is 0 Å². The van der Waals surface area contributed by atoms with Gasteiger partial charge in [-0.3, -0.25) is 9.69 Å². The third-order valence-electron chi connectivity index (χ3n) is 3.33. The van der Waals surface area contributed by atoms with Crippen molar-refractivity contribution >= 4 is 11.6 Å². The van der Waals surface area contributed by atoms with Crippen molar-refractivity contribution in [2.45, 2.75) is 26.3 Å². The fourth-order valence-electron chi connectivity index (χ4n) is 2.27. The van der Waals surface area contributed by atoms with Crippen LogP contribution >= 0.6 is 0 Å². The number of piperazine rings is 1. The number of hydrogen-bond donors (Lipinski definition) is 2. The number of carbonyl (C=O) groups is 1. The van der Waals surface area contributed by atoms with Crippen LogP contribution in [0.3, 0.4) is 0 Å². The average Bonchev–Trinajstić information content (AvgIpc) is 2.42. The minimum atomic E-state index is 0.0948. The number of nitrogens with zero attached hydrogens (tertiary/aromatic N) is 1. The Morgan fingerprint density at radius 3 is 2.58 bits per heavy atom. The summed E-state index contributed by atoms with van der Waals surface area (Å²) < 4.78 is 0. The van der Waals surface area contributed by atoms with Crippen LogP contribution in [0.5, 0.6) is 0 Å². The van der Waals surface area contributed by atoms with Crippen LogP contribution in [-0.2, 0) is 11.3 Å². The molecule has 0 radical (unpaired) electrons. The lowest BCUT2D eigenvalue weighted by molar-refractivity contribution is -0.116. The largest absolute Gasteiger partial charge is 0.326 e. The molecular formula is C15H23N3O. The van der Waals surface area contributed by atoms with Gasteiger partial charge in [-0.05, 0) is 24.1 Å². The molecule has 0 atom stereocenters. The van der Waals surface area contributed by atoms with E-state index in [1.54, 1.807) is 0 Å². The lowest BCUT2D eigenvalue weighted by Crippen LogP contribution is -2.42. The first kappa shape index (κ1) is 14.0. The second-order valence-corrected chi connectivity index (χ2v) is 5.02. The predicted octanol–water partition coefficient (Wildman–Crippen LogP) is 1.83. The minimum Gasteiger partial charge on any atom is -0.326 e. The van der Waals surface area contributed by atoms with Gasteiger partial charge >= 0.3 is 0 Å². The summed E-state index contributed by atoms with van der Waals surface area (Å²) in [6.07, 6.45) is 1.47. The molecule has 0 bridgehead atoms. The van der Waals surface area contributed by atoms with Gasteiger partial charge in [-0.15, -0.1) is 0 Å². The third-order valence-corrected chi connectivity index (χ3v) is 3.33. The lowest BCUT2D eigenvalue weighted by atomic mass is 10.2. The first-order valence-corrected chi connectivity index (χ1v) is 7.10. The topological polar surface area (TPSA) is 44.4 Å². The zero-order chi connectivity index (χ0) is 13.5. The van der Waals surface area contributed by atoms with E-state index in [9.17, 15) is 4.79 Å². The molecule has 4 nitrogen and oxygen atoms in total. The fraction of sp³-hybridized carbons (Fsp3) is 0.533. The van der Waals surface area contributed by atoms with Gasteiger partial charge in [0.25, 0.3) is 0 Å². The lowest BCUT2D eigenvalue weighted by Gasteiger charge is -2.27. The van der Waals surface area contributed by atoms with Crippen molar-refractivity contribution in [1.82, 2.24) is 10.2 Å². The number of amides is 1. The van der Waals surface area contributed by atoms with Crippen LogP contribution < -0.4 is 10.6 Å². The molecule has 104 valence electrons. The normalized spacial score (nSPS) is 16.3. The molecule has 1 saturated heterocycles. The Kier molecular flexibility index (Phi) is 5.36. The highest BCUT2D eigenvalue weighted by Gasteiger charge is 2.09. The molecule has 1 aliphatic heterocycles. The maximum absolute atomic E-state index is 11.5. The maximum Gasteiger partial charge on any atom is 0.224 e. The number of nitrogens with one attached hydrogen (secondary N) is 2. The van der Waals surface area contributed by atoms with Gasteiger partial charge < -0.3 is 10.6 Å². The van der Waals surface area contributed by atoms with Gasteiger partial charge in [0, 0.05) is 44.8 Å². The quantitative estimate of drug-likeness (QED) is 0.850. The number of benzene rings is 1. The van der Waals surface area contributed by atoms with Crippen molar-refractivity contribution < 1.29 is 4.79 Å². The highest BCUT2D eigenvalue weighted by molar-refractivity contribution is 5.90. The molecule has 0 unspecified atom stereocenters. The van der Waals surface area contributed by atoms with Crippen molar-refractivity contribution in [3.63, 3.8) is 0 Å². The molecule has 4 heteroatoms. The number of rotatable bonds is 5. The first-order chi connectivity index (χ1) is 9.28. The Hall–Kier alpha value is -1.39. The smallest absolute Gasteiger partial charge is 0.224 e. The third kappa shape index (κ3) is 4.65. The van der Waals surface area contributed by atoms with Gasteiger partial charge in [0.2, 0.25) is 5.91 Å². The molecule has 1 aromatic rings. The highest BCUT2D eigenvalue weighted by atomic mass is 16.1. The summed E-state index contributed by atoms with van der Waals surface area (Å²) in [6, 6.07) is 8.18. The van der Waals surface area contributed by atoms with Crippen molar-refractivity contribution in [3.05, 3.63) is 29.8 Å². The minimum absolute atomic E-state index is 0.0948. The number of carbonyl (C=O) groups excluding carboxylic acids is 1. The van der Waals surface area contributed by atoms with Crippen molar-refractivity contribution in [2.24, 2.45) is 0 Å². The monoisotopic (exact) mass is 261 g/mol. The molecule has 0 saturated carbocycles. The number of hydrogen-bond acceptors (Lipinski definition) is 3. The van der Waals surface area contributed by atoms with Gasteiger partial charge in [0.1, 0.15) is 0 Å². The molecule has 2 N–H and O–H groups in total. The summed E-state index contributed by atoms with van der Waals surface area (Å²) in [7, 11) is 0. The summed E-state index contributed by atoms with van der Waals surface area (Å²) in [5.41, 5.74) is 2.19. The van der Waals surface area contributed by atoms with Gasteiger partial charge in [0.15, 0.2) is 0 Å². The van der Waals surface area contributed by atoms with Crippen LogP contribution in [0.25, 0.3) is 0 Å². The van der Waals surface area contributed by atoms with Crippen LogP contribution in [0.15, 0.2) is 24.3 Å². The Bertz CT molecular complexity index is 396. The summed E-state index contributed by atoms with van der Waals surface area (Å²) in [4.78, 5) is 13.9. The van der Waals surface area contributed by atoms with Crippen molar-refractivity contribution in [1.29, 1.82) is 0 Å². The van der Waals surface area contributed by atoms with Crippen LogP contribution in [0, 0.1) is 0 Å². The summed E-state index contributed by atoms with van der Waals surface area (Å²) in [5.74, 6) is 0.0948. The molecule has 0 aromatic heterocycles. The summed E-state index contributed by atoms with van der Waals surface area (Å²) >= 11 is 0. The van der Waals surface area contributed by atoms with E-state index in [-0.39, 0.29) is 5.91 Å². The Labute approximate surface area is 115 Å². The SMILES string of the molecule is CCCC(=O)Nc1ccc(CN2CCNCC2)cc1. The van der Waals surface area contributed by atoms with E-state index in [1.807, 2.05) is 19.1 Å². The molecule has 0 spiro atoms. The Balaban J connectivity index is 1.85. The molecule has 1 aliphatic rings. The molecule has 19 heavy (non-hydrogen) atoms. The molecule has 1 amide bonds. The highest BCUT2D eigenvalue weighted by Crippen LogP contribution is 2.12. The Morgan fingerprint density at radius 1 is 1.26 bits per heavy atom. The van der Waals surface area contributed by atoms with E-state index in [1.165, 1.54) is 5.56 Å². The zero-order valence-electron chi connectivity index (χ0n) is 11.6. The standard InChI is InChI=1S/C15H23N3O/c1-2-3-15(19)17-14-6-4-13(5-7-14)12-18-10-8-16-9-11-18/h4-7,16H,2-3,8-12H2,1H3,(H,17,19). The molecule has 1 fully saturated rings. The van der Waals surface area contributed by atoms with E-state index < -0.39 is 0 Å². The van der Waals surface area contributed by atoms with E-state index in [0.717, 1.165) is 44.8 Å². The molecule has 1 heterocycles. The van der Waals surface area contributed by atoms with Gasteiger partial charge in [-0.25, -0.2) is 0 Å². The predicted molar refractivity (Wildman–Crippen MR) is 78.1 cm³/mol. The second-order valence-electron chi connectivity index (χ2n) is 5.02. The van der Waals surface area contributed by atoms with E-state index in [2.05, 4.69) is 27.7 Å². The molecular weight excluding hydrogens is 238 g/mol. The van der Waals surface area contributed by atoms with E-state index >= 15 is 0 Å². The van der Waals surface area contributed by atoms with Crippen molar-refractivity contribution in [2.75, 3.05) is 31.5 Å². The zero-order valence-corrected chi connectivity index (χ0v) is 11.6. The van der Waals surface area contributed by atoms with Crippen LogP contribution in [0.1, 0.15) is 25.3 Å². The molecule has 1 aromatic carbocycles.